The lowest BCUT2D eigenvalue weighted by Gasteiger charge is -2.08. The van der Waals surface area contributed by atoms with Crippen LogP contribution >= 0.6 is 0 Å². The fourth-order valence-electron chi connectivity index (χ4n) is 2.93. The highest BCUT2D eigenvalue weighted by Gasteiger charge is 2.38. The molecular weight excluding hydrogens is 335 g/mol. The third-order valence-corrected chi connectivity index (χ3v) is 4.45. The average Bonchev–Trinajstić information content (AvgIpc) is 3.32. The number of nitrogens with zero attached hydrogens (tertiary/aromatic N) is 2. The van der Waals surface area contributed by atoms with E-state index in [2.05, 4.69) is 15.5 Å². The molecule has 0 amide bonds. The van der Waals surface area contributed by atoms with Gasteiger partial charge < -0.3 is 20.2 Å². The van der Waals surface area contributed by atoms with Gasteiger partial charge in [-0.15, -0.1) is 5.10 Å². The molecule has 0 bridgehead atoms. The SMILES string of the molecule is Nc1nnc(CN[C@H]2C[C@@H]2c2ccc(OCc3ccccc3F)cc2)o1. The van der Waals surface area contributed by atoms with Crippen LogP contribution in [0.2, 0.25) is 0 Å². The van der Waals surface area contributed by atoms with Crippen LogP contribution in [0.5, 0.6) is 5.75 Å². The lowest BCUT2D eigenvalue weighted by atomic mass is 10.1. The smallest absolute Gasteiger partial charge is 0.312 e. The van der Waals surface area contributed by atoms with Crippen LogP contribution in [0.25, 0.3) is 0 Å². The summed E-state index contributed by atoms with van der Waals surface area (Å²) in [6.45, 7) is 0.724. The van der Waals surface area contributed by atoms with Gasteiger partial charge >= 0.3 is 6.01 Å². The number of nitrogen functional groups attached to an aromatic ring is 1. The Morgan fingerprint density at radius 2 is 1.96 bits per heavy atom. The number of hydrogen-bond donors (Lipinski definition) is 2. The van der Waals surface area contributed by atoms with Crippen molar-refractivity contribution >= 4 is 6.01 Å². The number of rotatable bonds is 7. The van der Waals surface area contributed by atoms with E-state index in [9.17, 15) is 4.39 Å². The minimum Gasteiger partial charge on any atom is -0.489 e. The van der Waals surface area contributed by atoms with Gasteiger partial charge in [-0.05, 0) is 30.2 Å². The Balaban J connectivity index is 1.27. The van der Waals surface area contributed by atoms with Crippen LogP contribution in [0.3, 0.4) is 0 Å². The second-order valence-corrected chi connectivity index (χ2v) is 6.31. The lowest BCUT2D eigenvalue weighted by Crippen LogP contribution is -2.17. The first-order valence-electron chi connectivity index (χ1n) is 8.46. The Morgan fingerprint density at radius 1 is 1.15 bits per heavy atom. The number of benzene rings is 2. The summed E-state index contributed by atoms with van der Waals surface area (Å²) in [6.07, 6.45) is 1.05. The first-order chi connectivity index (χ1) is 12.7. The van der Waals surface area contributed by atoms with Crippen LogP contribution < -0.4 is 15.8 Å². The van der Waals surface area contributed by atoms with Gasteiger partial charge in [0.15, 0.2) is 0 Å². The molecule has 1 aliphatic rings. The molecule has 26 heavy (non-hydrogen) atoms. The van der Waals surface area contributed by atoms with Crippen molar-refractivity contribution < 1.29 is 13.5 Å². The van der Waals surface area contributed by atoms with E-state index < -0.39 is 0 Å². The Morgan fingerprint density at radius 3 is 2.69 bits per heavy atom. The summed E-state index contributed by atoms with van der Waals surface area (Å²) in [4.78, 5) is 0. The van der Waals surface area contributed by atoms with E-state index in [0.717, 1.165) is 12.2 Å². The monoisotopic (exact) mass is 354 g/mol. The summed E-state index contributed by atoms with van der Waals surface area (Å²) >= 11 is 0. The van der Waals surface area contributed by atoms with Crippen molar-refractivity contribution in [2.24, 2.45) is 0 Å². The maximum absolute atomic E-state index is 13.6. The molecular formula is C19H19FN4O2. The van der Waals surface area contributed by atoms with Crippen molar-refractivity contribution in [2.45, 2.75) is 31.5 Å². The molecule has 0 radical (unpaired) electrons. The Labute approximate surface area is 150 Å². The predicted molar refractivity (Wildman–Crippen MR) is 93.9 cm³/mol. The van der Waals surface area contributed by atoms with E-state index in [-0.39, 0.29) is 18.4 Å². The molecule has 2 aromatic carbocycles. The number of hydrogen-bond acceptors (Lipinski definition) is 6. The number of nitrogens with one attached hydrogen (secondary N) is 1. The number of ether oxygens (including phenoxy) is 1. The number of anilines is 1. The third-order valence-electron chi connectivity index (χ3n) is 4.45. The maximum atomic E-state index is 13.6. The zero-order valence-electron chi connectivity index (χ0n) is 14.1. The summed E-state index contributed by atoms with van der Waals surface area (Å²) in [7, 11) is 0. The van der Waals surface area contributed by atoms with Crippen molar-refractivity contribution in [1.29, 1.82) is 0 Å². The Bertz CT molecular complexity index is 881. The Hall–Kier alpha value is -2.93. The minimum absolute atomic E-state index is 0.0834. The van der Waals surface area contributed by atoms with Crippen molar-refractivity contribution in [3.8, 4) is 5.75 Å². The molecule has 1 heterocycles. The Kier molecular flexibility index (Phi) is 4.53. The molecule has 7 heteroatoms. The first-order valence-corrected chi connectivity index (χ1v) is 8.46. The molecule has 4 rings (SSSR count). The van der Waals surface area contributed by atoms with E-state index in [1.807, 2.05) is 24.3 Å². The van der Waals surface area contributed by atoms with E-state index in [1.165, 1.54) is 11.6 Å². The second kappa shape index (κ2) is 7.13. The molecule has 0 aliphatic heterocycles. The quantitative estimate of drug-likeness (QED) is 0.678. The van der Waals surface area contributed by atoms with Crippen LogP contribution in [0.15, 0.2) is 52.9 Å². The number of aromatic nitrogens is 2. The lowest BCUT2D eigenvalue weighted by molar-refractivity contribution is 0.300. The van der Waals surface area contributed by atoms with Gasteiger partial charge in [0, 0.05) is 17.5 Å². The van der Waals surface area contributed by atoms with Gasteiger partial charge in [-0.3, -0.25) is 0 Å². The predicted octanol–water partition coefficient (Wildman–Crippen LogP) is 3.02. The molecule has 1 aromatic heterocycles. The molecule has 3 N–H and O–H groups in total. The van der Waals surface area contributed by atoms with Crippen LogP contribution in [0.1, 0.15) is 29.4 Å². The average molecular weight is 354 g/mol. The van der Waals surface area contributed by atoms with Gasteiger partial charge in [-0.1, -0.05) is 35.4 Å². The third kappa shape index (κ3) is 3.83. The van der Waals surface area contributed by atoms with Gasteiger partial charge in [-0.25, -0.2) is 4.39 Å². The van der Waals surface area contributed by atoms with Gasteiger partial charge in [0.1, 0.15) is 18.2 Å². The van der Waals surface area contributed by atoms with Crippen LogP contribution in [-0.2, 0) is 13.2 Å². The standard InChI is InChI=1S/C19H19FN4O2/c20-16-4-2-1-3-13(16)11-25-14-7-5-12(6-8-14)15-9-17(15)22-10-18-23-24-19(21)26-18/h1-8,15,17,22H,9-11H2,(H2,21,24)/t15-,17+/m1/s1. The van der Waals surface area contributed by atoms with Crippen molar-refractivity contribution in [1.82, 2.24) is 15.5 Å². The van der Waals surface area contributed by atoms with Crippen molar-refractivity contribution in [3.05, 3.63) is 71.4 Å². The highest BCUT2D eigenvalue weighted by molar-refractivity contribution is 5.34. The molecule has 0 spiro atoms. The molecule has 1 saturated carbocycles. The summed E-state index contributed by atoms with van der Waals surface area (Å²) < 4.78 is 24.4. The second-order valence-electron chi connectivity index (χ2n) is 6.31. The highest BCUT2D eigenvalue weighted by atomic mass is 19.1. The highest BCUT2D eigenvalue weighted by Crippen LogP contribution is 2.41. The fourth-order valence-corrected chi connectivity index (χ4v) is 2.93. The van der Waals surface area contributed by atoms with E-state index in [4.69, 9.17) is 14.9 Å². The fraction of sp³-hybridized carbons (Fsp3) is 0.263. The molecule has 0 saturated heterocycles. The van der Waals surface area contributed by atoms with Gasteiger partial charge in [-0.2, -0.15) is 0 Å². The molecule has 1 aliphatic carbocycles. The van der Waals surface area contributed by atoms with E-state index >= 15 is 0 Å². The van der Waals surface area contributed by atoms with Gasteiger partial charge in [0.2, 0.25) is 5.89 Å². The van der Waals surface area contributed by atoms with Gasteiger partial charge in [0.25, 0.3) is 0 Å². The molecule has 3 aromatic rings. The summed E-state index contributed by atoms with van der Waals surface area (Å²) in [5.41, 5.74) is 7.19. The molecule has 0 unspecified atom stereocenters. The molecule has 6 nitrogen and oxygen atoms in total. The number of halogens is 1. The number of nitrogens with two attached hydrogens (primary N) is 1. The van der Waals surface area contributed by atoms with Crippen molar-refractivity contribution in [2.75, 3.05) is 5.73 Å². The summed E-state index contributed by atoms with van der Waals surface area (Å²) in [5, 5.41) is 10.8. The minimum atomic E-state index is -0.251. The molecule has 2 atom stereocenters. The molecule has 1 fully saturated rings. The van der Waals surface area contributed by atoms with E-state index in [0.29, 0.717) is 30.0 Å². The summed E-state index contributed by atoms with van der Waals surface area (Å²) in [6, 6.07) is 15.0. The normalized spacial score (nSPS) is 18.7. The topological polar surface area (TPSA) is 86.2 Å². The maximum Gasteiger partial charge on any atom is 0.312 e. The van der Waals surface area contributed by atoms with Gasteiger partial charge in [0.05, 0.1) is 6.54 Å². The zero-order valence-corrected chi connectivity index (χ0v) is 14.1. The first kappa shape index (κ1) is 16.5. The van der Waals surface area contributed by atoms with Crippen LogP contribution in [0, 0.1) is 5.82 Å². The zero-order chi connectivity index (χ0) is 17.9. The van der Waals surface area contributed by atoms with Crippen molar-refractivity contribution in [3.63, 3.8) is 0 Å². The van der Waals surface area contributed by atoms with Crippen LogP contribution in [-0.4, -0.2) is 16.2 Å². The summed E-state index contributed by atoms with van der Waals surface area (Å²) in [5.74, 6) is 1.42. The van der Waals surface area contributed by atoms with Crippen LogP contribution in [0.4, 0.5) is 10.4 Å². The largest absolute Gasteiger partial charge is 0.489 e. The van der Waals surface area contributed by atoms with E-state index in [1.54, 1.807) is 18.2 Å². The molecule has 134 valence electrons.